The van der Waals surface area contributed by atoms with Crippen molar-refractivity contribution in [1.82, 2.24) is 0 Å². The predicted octanol–water partition coefficient (Wildman–Crippen LogP) is -0.831. The molecule has 0 unspecified atom stereocenters. The summed E-state index contributed by atoms with van der Waals surface area (Å²) < 4.78 is 1.78. The molecule has 3 heteroatoms. The summed E-state index contributed by atoms with van der Waals surface area (Å²) in [6.45, 7) is 2.08. The quantitative estimate of drug-likeness (QED) is 0.390. The highest BCUT2D eigenvalue weighted by atomic mass is 127. The SMILES string of the molecule is Cc1ccccc1C=N[n+]1ccccc1.[I-]. The third kappa shape index (κ3) is 3.41. The Bertz CT molecular complexity index is 466. The van der Waals surface area contributed by atoms with Gasteiger partial charge in [-0.1, -0.05) is 35.0 Å². The van der Waals surface area contributed by atoms with Gasteiger partial charge in [-0.05, 0) is 17.6 Å². The van der Waals surface area contributed by atoms with Gasteiger partial charge in [-0.15, -0.1) is 0 Å². The lowest BCUT2D eigenvalue weighted by Gasteiger charge is -1.95. The summed E-state index contributed by atoms with van der Waals surface area (Å²) in [6.07, 6.45) is 5.69. The summed E-state index contributed by atoms with van der Waals surface area (Å²) in [5.74, 6) is 0. The van der Waals surface area contributed by atoms with Crippen LogP contribution in [0.25, 0.3) is 0 Å². The molecule has 0 atom stereocenters. The minimum absolute atomic E-state index is 0. The van der Waals surface area contributed by atoms with E-state index in [2.05, 4.69) is 24.2 Å². The number of nitrogens with zero attached hydrogens (tertiary/aromatic N) is 2. The van der Waals surface area contributed by atoms with Gasteiger partial charge in [0.15, 0.2) is 0 Å². The third-order valence-electron chi connectivity index (χ3n) is 2.22. The van der Waals surface area contributed by atoms with Crippen LogP contribution in [0.5, 0.6) is 0 Å². The van der Waals surface area contributed by atoms with Crippen molar-refractivity contribution in [3.63, 3.8) is 0 Å². The Morgan fingerprint density at radius 1 is 1.00 bits per heavy atom. The molecule has 0 N–H and O–H groups in total. The van der Waals surface area contributed by atoms with E-state index in [0.717, 1.165) is 5.56 Å². The Labute approximate surface area is 113 Å². The third-order valence-corrected chi connectivity index (χ3v) is 2.22. The van der Waals surface area contributed by atoms with E-state index in [4.69, 9.17) is 0 Å². The number of hydrogen-bond donors (Lipinski definition) is 0. The lowest BCUT2D eigenvalue weighted by Crippen LogP contribution is -3.00. The maximum atomic E-state index is 4.33. The van der Waals surface area contributed by atoms with E-state index < -0.39 is 0 Å². The van der Waals surface area contributed by atoms with E-state index >= 15 is 0 Å². The van der Waals surface area contributed by atoms with Gasteiger partial charge < -0.3 is 24.0 Å². The molecule has 1 heterocycles. The van der Waals surface area contributed by atoms with E-state index in [0.29, 0.717) is 0 Å². The van der Waals surface area contributed by atoms with E-state index in [1.165, 1.54) is 5.56 Å². The van der Waals surface area contributed by atoms with Gasteiger partial charge in [0.05, 0.1) is 0 Å². The highest BCUT2D eigenvalue weighted by Crippen LogP contribution is 2.02. The summed E-state index contributed by atoms with van der Waals surface area (Å²) in [5.41, 5.74) is 2.38. The van der Waals surface area contributed by atoms with Crippen LogP contribution in [0.15, 0.2) is 60.0 Å². The Balaban J connectivity index is 0.00000128. The van der Waals surface area contributed by atoms with E-state index in [1.807, 2.05) is 48.9 Å². The fourth-order valence-corrected chi connectivity index (χ4v) is 1.33. The second-order valence-corrected chi connectivity index (χ2v) is 3.36. The molecule has 0 saturated heterocycles. The van der Waals surface area contributed by atoms with E-state index in [-0.39, 0.29) is 24.0 Å². The molecule has 0 fully saturated rings. The zero-order valence-corrected chi connectivity index (χ0v) is 11.2. The molecule has 1 aromatic carbocycles. The smallest absolute Gasteiger partial charge is 0.202 e. The molecule has 0 aliphatic heterocycles. The van der Waals surface area contributed by atoms with Crippen LogP contribution in [0.2, 0.25) is 0 Å². The van der Waals surface area contributed by atoms with Crippen LogP contribution >= 0.6 is 0 Å². The Morgan fingerprint density at radius 2 is 1.69 bits per heavy atom. The van der Waals surface area contributed by atoms with Crippen molar-refractivity contribution in [2.75, 3.05) is 0 Å². The largest absolute Gasteiger partial charge is 1.00 e. The monoisotopic (exact) mass is 324 g/mol. The molecule has 0 aliphatic carbocycles. The number of hydrogen-bond acceptors (Lipinski definition) is 1. The maximum absolute atomic E-state index is 4.33. The van der Waals surface area contributed by atoms with Gasteiger partial charge in [0.25, 0.3) is 0 Å². The van der Waals surface area contributed by atoms with Gasteiger partial charge in [-0.3, -0.25) is 0 Å². The normalized spacial score (nSPS) is 10.1. The highest BCUT2D eigenvalue weighted by Gasteiger charge is 1.95. The first kappa shape index (κ1) is 12.8. The number of benzene rings is 1. The van der Waals surface area contributed by atoms with Crippen LogP contribution < -0.4 is 28.7 Å². The minimum atomic E-state index is 0. The van der Waals surface area contributed by atoms with Gasteiger partial charge in [0, 0.05) is 17.7 Å². The zero-order chi connectivity index (χ0) is 10.5. The average Bonchev–Trinajstić information content (AvgIpc) is 2.29. The van der Waals surface area contributed by atoms with E-state index in [1.54, 1.807) is 4.68 Å². The predicted molar refractivity (Wildman–Crippen MR) is 60.8 cm³/mol. The minimum Gasteiger partial charge on any atom is -1.00 e. The molecule has 82 valence electrons. The molecule has 2 nitrogen and oxygen atoms in total. The van der Waals surface area contributed by atoms with Gasteiger partial charge in [0.2, 0.25) is 12.4 Å². The number of pyridine rings is 1. The summed E-state index contributed by atoms with van der Waals surface area (Å²) in [4.78, 5) is 0. The maximum Gasteiger partial charge on any atom is 0.202 e. The number of aromatic nitrogens is 1. The van der Waals surface area contributed by atoms with Crippen molar-refractivity contribution in [3.8, 4) is 0 Å². The molecule has 0 spiro atoms. The van der Waals surface area contributed by atoms with Crippen LogP contribution in [0, 0.1) is 6.92 Å². The van der Waals surface area contributed by atoms with Crippen LogP contribution in [0.3, 0.4) is 0 Å². The summed E-state index contributed by atoms with van der Waals surface area (Å²) in [5, 5.41) is 4.33. The first-order valence-corrected chi connectivity index (χ1v) is 4.92. The molecule has 16 heavy (non-hydrogen) atoms. The summed E-state index contributed by atoms with van der Waals surface area (Å²) >= 11 is 0. The van der Waals surface area contributed by atoms with Crippen molar-refractivity contribution < 1.29 is 28.7 Å². The van der Waals surface area contributed by atoms with Crippen molar-refractivity contribution in [2.24, 2.45) is 5.10 Å². The second-order valence-electron chi connectivity index (χ2n) is 3.36. The number of halogens is 1. The van der Waals surface area contributed by atoms with Gasteiger partial charge in [-0.25, -0.2) is 0 Å². The Morgan fingerprint density at radius 3 is 2.38 bits per heavy atom. The van der Waals surface area contributed by atoms with Gasteiger partial charge >= 0.3 is 0 Å². The molecule has 1 aromatic heterocycles. The zero-order valence-electron chi connectivity index (χ0n) is 9.05. The number of aryl methyl sites for hydroxylation is 1. The molecule has 0 amide bonds. The lowest BCUT2D eigenvalue weighted by molar-refractivity contribution is -0.678. The van der Waals surface area contributed by atoms with Gasteiger partial charge in [-0.2, -0.15) is 0 Å². The first-order chi connectivity index (χ1) is 7.36. The molecule has 0 radical (unpaired) electrons. The molecular weight excluding hydrogens is 311 g/mol. The molecular formula is C13H13IN2. The van der Waals surface area contributed by atoms with Crippen molar-refractivity contribution in [2.45, 2.75) is 6.92 Å². The number of rotatable bonds is 2. The van der Waals surface area contributed by atoms with E-state index in [9.17, 15) is 0 Å². The van der Waals surface area contributed by atoms with Crippen LogP contribution in [-0.2, 0) is 0 Å². The van der Waals surface area contributed by atoms with Crippen LogP contribution in [-0.4, -0.2) is 6.21 Å². The molecule has 2 aromatic rings. The first-order valence-electron chi connectivity index (χ1n) is 4.92. The highest BCUT2D eigenvalue weighted by molar-refractivity contribution is 5.80. The van der Waals surface area contributed by atoms with Crippen LogP contribution in [0.4, 0.5) is 0 Å². The molecule has 2 rings (SSSR count). The fraction of sp³-hybridized carbons (Fsp3) is 0.0769. The second kappa shape index (κ2) is 6.37. The van der Waals surface area contributed by atoms with Gasteiger partial charge in [0.1, 0.15) is 6.21 Å². The molecule has 0 bridgehead atoms. The Hall–Kier alpha value is -1.23. The van der Waals surface area contributed by atoms with Crippen LogP contribution in [0.1, 0.15) is 11.1 Å². The summed E-state index contributed by atoms with van der Waals surface area (Å²) in [6, 6.07) is 14.1. The topological polar surface area (TPSA) is 16.2 Å². The standard InChI is InChI=1S/C13H13N2.HI/c1-12-7-3-4-8-13(12)11-14-15-9-5-2-6-10-15;/h2-11H,1H3;1H/q+1;/p-1. The summed E-state index contributed by atoms with van der Waals surface area (Å²) in [7, 11) is 0. The molecule has 0 aliphatic rings. The Kier molecular flexibility index (Phi) is 5.11. The van der Waals surface area contributed by atoms with Crippen molar-refractivity contribution >= 4 is 6.21 Å². The fourth-order valence-electron chi connectivity index (χ4n) is 1.33. The van der Waals surface area contributed by atoms with Crippen molar-refractivity contribution in [3.05, 3.63) is 66.0 Å². The van der Waals surface area contributed by atoms with Crippen molar-refractivity contribution in [1.29, 1.82) is 0 Å². The lowest BCUT2D eigenvalue weighted by atomic mass is 10.1. The average molecular weight is 324 g/mol. The molecule has 0 saturated carbocycles.